The lowest BCUT2D eigenvalue weighted by Crippen LogP contribution is -2.48. The summed E-state index contributed by atoms with van der Waals surface area (Å²) < 4.78 is 0. The molecule has 1 aromatic rings. The van der Waals surface area contributed by atoms with Gasteiger partial charge >= 0.3 is 0 Å². The molecule has 92 valence electrons. The molecule has 4 nitrogen and oxygen atoms in total. The molecule has 4 heteroatoms. The summed E-state index contributed by atoms with van der Waals surface area (Å²) in [6, 6.07) is 6.37. The number of hydrogen-bond donors (Lipinski definition) is 1. The van der Waals surface area contributed by atoms with Gasteiger partial charge in [-0.1, -0.05) is 6.07 Å². The third-order valence-electron chi connectivity index (χ3n) is 3.63. The van der Waals surface area contributed by atoms with Gasteiger partial charge in [-0.25, -0.2) is 0 Å². The minimum Gasteiger partial charge on any atom is -0.310 e. The Hall–Kier alpha value is -0.970. The number of nitrogens with one attached hydrogen (secondary N) is 1. The minimum atomic E-state index is 0.891. The molecular weight excluding hydrogens is 212 g/mol. The Labute approximate surface area is 103 Å². The topological polar surface area (TPSA) is 31.4 Å². The zero-order valence-electron chi connectivity index (χ0n) is 10.2. The van der Waals surface area contributed by atoms with Crippen LogP contribution in [0, 0.1) is 0 Å². The maximum atomic E-state index is 4.70. The van der Waals surface area contributed by atoms with E-state index in [9.17, 15) is 0 Å². The second-order valence-corrected chi connectivity index (χ2v) is 4.91. The molecule has 4 rings (SSSR count). The van der Waals surface area contributed by atoms with Gasteiger partial charge in [0.05, 0.1) is 11.4 Å². The van der Waals surface area contributed by atoms with Crippen LogP contribution < -0.4 is 5.32 Å². The second kappa shape index (κ2) is 5.12. The highest BCUT2D eigenvalue weighted by Crippen LogP contribution is 2.08. The van der Waals surface area contributed by atoms with Crippen molar-refractivity contribution in [3.05, 3.63) is 29.6 Å². The van der Waals surface area contributed by atoms with Crippen molar-refractivity contribution in [1.82, 2.24) is 20.1 Å². The summed E-state index contributed by atoms with van der Waals surface area (Å²) in [7, 11) is 0. The van der Waals surface area contributed by atoms with Crippen LogP contribution in [0.15, 0.2) is 18.2 Å². The first kappa shape index (κ1) is 11.1. The summed E-state index contributed by atoms with van der Waals surface area (Å²) in [5.41, 5.74) is 2.37. The summed E-state index contributed by atoms with van der Waals surface area (Å²) in [6.07, 6.45) is 0. The van der Waals surface area contributed by atoms with Crippen LogP contribution in [0.5, 0.6) is 0 Å². The van der Waals surface area contributed by atoms with Crippen molar-refractivity contribution in [2.45, 2.75) is 13.1 Å². The maximum Gasteiger partial charge on any atom is 0.0547 e. The quantitative estimate of drug-likeness (QED) is 0.697. The third kappa shape index (κ3) is 2.83. The number of fused-ring (bicyclic) bond motifs is 5. The molecule has 4 heterocycles. The Balaban J connectivity index is 1.79. The van der Waals surface area contributed by atoms with Gasteiger partial charge in [0.2, 0.25) is 0 Å². The van der Waals surface area contributed by atoms with E-state index in [-0.39, 0.29) is 0 Å². The zero-order chi connectivity index (χ0) is 11.5. The lowest BCUT2D eigenvalue weighted by molar-refractivity contribution is 0.126. The Morgan fingerprint density at radius 3 is 2.59 bits per heavy atom. The van der Waals surface area contributed by atoms with Gasteiger partial charge in [0.15, 0.2) is 0 Å². The monoisotopic (exact) mass is 232 g/mol. The zero-order valence-corrected chi connectivity index (χ0v) is 10.2. The first-order valence-electron chi connectivity index (χ1n) is 6.50. The highest BCUT2D eigenvalue weighted by atomic mass is 15.3. The van der Waals surface area contributed by atoms with E-state index in [2.05, 4.69) is 33.3 Å². The first-order chi connectivity index (χ1) is 8.40. The summed E-state index contributed by atoms with van der Waals surface area (Å²) >= 11 is 0. The van der Waals surface area contributed by atoms with E-state index in [0.29, 0.717) is 0 Å². The van der Waals surface area contributed by atoms with Gasteiger partial charge in [0, 0.05) is 52.4 Å². The van der Waals surface area contributed by atoms with Gasteiger partial charge in [-0.15, -0.1) is 0 Å². The smallest absolute Gasteiger partial charge is 0.0547 e. The van der Waals surface area contributed by atoms with Crippen molar-refractivity contribution in [2.24, 2.45) is 0 Å². The molecule has 0 amide bonds. The van der Waals surface area contributed by atoms with Crippen LogP contribution in [0.3, 0.4) is 0 Å². The predicted molar refractivity (Wildman–Crippen MR) is 67.7 cm³/mol. The van der Waals surface area contributed by atoms with Gasteiger partial charge in [0.25, 0.3) is 0 Å². The van der Waals surface area contributed by atoms with E-state index in [1.807, 2.05) is 0 Å². The van der Waals surface area contributed by atoms with Crippen molar-refractivity contribution < 1.29 is 0 Å². The highest BCUT2D eigenvalue weighted by Gasteiger charge is 2.17. The molecule has 1 saturated heterocycles. The number of rotatable bonds is 0. The molecule has 1 fully saturated rings. The average Bonchev–Trinajstić information content (AvgIpc) is 2.36. The standard InChI is InChI=1S/C13H20N4/c1-2-12-10-14-4-5-16-6-8-17(9-7-16)11-13(3-1)15-12/h1-3,14H,4-11H2. The normalized spacial score (nSPS) is 29.4. The molecular formula is C13H20N4. The number of hydrogen-bond acceptors (Lipinski definition) is 4. The molecule has 0 spiro atoms. The number of pyridine rings is 1. The molecule has 4 bridgehead atoms. The van der Waals surface area contributed by atoms with Crippen LogP contribution in [0.25, 0.3) is 0 Å². The summed E-state index contributed by atoms with van der Waals surface area (Å²) in [5, 5.41) is 3.48. The summed E-state index contributed by atoms with van der Waals surface area (Å²) in [6.45, 7) is 8.85. The van der Waals surface area contributed by atoms with Crippen molar-refractivity contribution in [3.63, 3.8) is 0 Å². The number of nitrogens with zero attached hydrogens (tertiary/aromatic N) is 3. The molecule has 1 aromatic heterocycles. The minimum absolute atomic E-state index is 0.891. The number of aromatic nitrogens is 1. The maximum absolute atomic E-state index is 4.70. The Morgan fingerprint density at radius 1 is 0.941 bits per heavy atom. The molecule has 17 heavy (non-hydrogen) atoms. The van der Waals surface area contributed by atoms with E-state index in [0.717, 1.165) is 31.9 Å². The van der Waals surface area contributed by atoms with Gasteiger partial charge in [-0.2, -0.15) is 0 Å². The Bertz CT molecular complexity index is 369. The molecule has 0 atom stereocenters. The summed E-state index contributed by atoms with van der Waals surface area (Å²) in [5.74, 6) is 0. The van der Waals surface area contributed by atoms with Crippen LogP contribution >= 0.6 is 0 Å². The summed E-state index contributed by atoms with van der Waals surface area (Å²) in [4.78, 5) is 9.76. The molecule has 0 aromatic carbocycles. The van der Waals surface area contributed by atoms with Crippen LogP contribution in [-0.2, 0) is 13.1 Å². The van der Waals surface area contributed by atoms with Gasteiger partial charge < -0.3 is 5.32 Å². The fourth-order valence-electron chi connectivity index (χ4n) is 2.57. The molecule has 3 aliphatic heterocycles. The lowest BCUT2D eigenvalue weighted by Gasteiger charge is -2.34. The van der Waals surface area contributed by atoms with Gasteiger partial charge in [-0.05, 0) is 12.1 Å². The van der Waals surface area contributed by atoms with Crippen molar-refractivity contribution >= 4 is 0 Å². The fourth-order valence-corrected chi connectivity index (χ4v) is 2.57. The van der Waals surface area contributed by atoms with E-state index in [4.69, 9.17) is 4.98 Å². The number of piperazine rings is 1. The van der Waals surface area contributed by atoms with Crippen molar-refractivity contribution in [2.75, 3.05) is 39.3 Å². The van der Waals surface area contributed by atoms with E-state index < -0.39 is 0 Å². The fraction of sp³-hybridized carbons (Fsp3) is 0.615. The average molecular weight is 232 g/mol. The van der Waals surface area contributed by atoms with Crippen LogP contribution in [0.2, 0.25) is 0 Å². The predicted octanol–water partition coefficient (Wildman–Crippen LogP) is 0.302. The van der Waals surface area contributed by atoms with E-state index in [1.165, 1.54) is 31.9 Å². The third-order valence-corrected chi connectivity index (χ3v) is 3.63. The lowest BCUT2D eigenvalue weighted by atomic mass is 10.2. The van der Waals surface area contributed by atoms with Crippen LogP contribution in [-0.4, -0.2) is 54.1 Å². The van der Waals surface area contributed by atoms with Crippen molar-refractivity contribution in [1.29, 1.82) is 0 Å². The van der Waals surface area contributed by atoms with Crippen molar-refractivity contribution in [3.8, 4) is 0 Å². The van der Waals surface area contributed by atoms with Crippen LogP contribution in [0.4, 0.5) is 0 Å². The molecule has 0 unspecified atom stereocenters. The second-order valence-electron chi connectivity index (χ2n) is 4.91. The molecule has 0 aliphatic carbocycles. The molecule has 0 saturated carbocycles. The largest absolute Gasteiger partial charge is 0.310 e. The molecule has 1 N–H and O–H groups in total. The van der Waals surface area contributed by atoms with E-state index in [1.54, 1.807) is 0 Å². The van der Waals surface area contributed by atoms with Gasteiger partial charge in [-0.3, -0.25) is 14.8 Å². The SMILES string of the molecule is c1cc2nc(c1)CN1CCN(CCNC2)CC1. The Kier molecular flexibility index (Phi) is 3.36. The van der Waals surface area contributed by atoms with E-state index >= 15 is 0 Å². The first-order valence-corrected chi connectivity index (χ1v) is 6.50. The Morgan fingerprint density at radius 2 is 1.71 bits per heavy atom. The molecule has 3 aliphatic rings. The molecule has 0 radical (unpaired) electrons. The van der Waals surface area contributed by atoms with Crippen LogP contribution in [0.1, 0.15) is 11.4 Å². The highest BCUT2D eigenvalue weighted by molar-refractivity contribution is 5.11. The van der Waals surface area contributed by atoms with Gasteiger partial charge in [0.1, 0.15) is 0 Å².